The van der Waals surface area contributed by atoms with E-state index >= 15 is 0 Å². The quantitative estimate of drug-likeness (QED) is 0.870. The molecule has 0 saturated carbocycles. The molecule has 0 radical (unpaired) electrons. The number of halogens is 1. The summed E-state index contributed by atoms with van der Waals surface area (Å²) in [7, 11) is 1.48. The molecule has 0 heterocycles. The highest BCUT2D eigenvalue weighted by Crippen LogP contribution is 2.28. The van der Waals surface area contributed by atoms with Crippen molar-refractivity contribution in [3.63, 3.8) is 0 Å². The maximum absolute atomic E-state index is 12.1. The molecule has 1 amide bonds. The van der Waals surface area contributed by atoms with Gasteiger partial charge in [-0.1, -0.05) is 29.8 Å². The first-order chi connectivity index (χ1) is 11.5. The van der Waals surface area contributed by atoms with Gasteiger partial charge < -0.3 is 14.8 Å². The number of hydrogen-bond acceptors (Lipinski definition) is 4. The van der Waals surface area contributed by atoms with Crippen molar-refractivity contribution in [1.82, 2.24) is 5.32 Å². The van der Waals surface area contributed by atoms with Crippen LogP contribution < -0.4 is 14.8 Å². The summed E-state index contributed by atoms with van der Waals surface area (Å²) in [6.07, 6.45) is 0. The van der Waals surface area contributed by atoms with E-state index in [9.17, 15) is 4.79 Å². The molecule has 0 aliphatic rings. The first-order valence-corrected chi connectivity index (χ1v) is 7.67. The van der Waals surface area contributed by atoms with Crippen LogP contribution in [0, 0.1) is 11.3 Å². The van der Waals surface area contributed by atoms with Gasteiger partial charge in [-0.2, -0.15) is 5.26 Å². The first kappa shape index (κ1) is 17.6. The van der Waals surface area contributed by atoms with Crippen LogP contribution in [0.15, 0.2) is 42.5 Å². The van der Waals surface area contributed by atoms with Crippen LogP contribution in [-0.4, -0.2) is 19.6 Å². The number of rotatable bonds is 6. The monoisotopic (exact) mass is 344 g/mol. The van der Waals surface area contributed by atoms with Crippen molar-refractivity contribution in [2.45, 2.75) is 13.0 Å². The molecule has 0 spiro atoms. The molecule has 0 aliphatic carbocycles. The van der Waals surface area contributed by atoms with E-state index in [2.05, 4.69) is 5.32 Å². The Labute approximate surface area is 145 Å². The van der Waals surface area contributed by atoms with E-state index in [-0.39, 0.29) is 18.6 Å². The van der Waals surface area contributed by atoms with Crippen molar-refractivity contribution in [2.24, 2.45) is 0 Å². The van der Waals surface area contributed by atoms with Gasteiger partial charge in [0, 0.05) is 11.1 Å². The average Bonchev–Trinajstić information content (AvgIpc) is 2.60. The van der Waals surface area contributed by atoms with E-state index in [0.717, 1.165) is 5.56 Å². The smallest absolute Gasteiger partial charge is 0.258 e. The maximum atomic E-state index is 12.1. The van der Waals surface area contributed by atoms with E-state index in [1.54, 1.807) is 24.3 Å². The molecule has 1 unspecified atom stereocenters. The molecule has 5 nitrogen and oxygen atoms in total. The Balaban J connectivity index is 1.96. The molecule has 1 N–H and O–H groups in total. The van der Waals surface area contributed by atoms with Gasteiger partial charge in [-0.3, -0.25) is 4.79 Å². The van der Waals surface area contributed by atoms with E-state index in [4.69, 9.17) is 26.3 Å². The minimum absolute atomic E-state index is 0.170. The molecule has 0 fully saturated rings. The van der Waals surface area contributed by atoms with Crippen LogP contribution in [0.5, 0.6) is 11.5 Å². The summed E-state index contributed by atoms with van der Waals surface area (Å²) in [5.74, 6) is 0.520. The second-order valence-electron chi connectivity index (χ2n) is 5.08. The van der Waals surface area contributed by atoms with Gasteiger partial charge in [0.15, 0.2) is 18.1 Å². The number of nitrogens with zero attached hydrogens (tertiary/aromatic N) is 1. The van der Waals surface area contributed by atoms with Crippen molar-refractivity contribution in [3.8, 4) is 17.6 Å². The normalized spacial score (nSPS) is 11.2. The van der Waals surface area contributed by atoms with Crippen LogP contribution in [0.3, 0.4) is 0 Å². The third-order valence-electron chi connectivity index (χ3n) is 3.40. The molecule has 2 aromatic rings. The summed E-state index contributed by atoms with van der Waals surface area (Å²) < 4.78 is 10.6. The van der Waals surface area contributed by atoms with Gasteiger partial charge >= 0.3 is 0 Å². The SMILES string of the molecule is COc1cc(C#N)ccc1OCC(=O)NC(C)c1ccccc1Cl. The third kappa shape index (κ3) is 4.40. The molecule has 1 atom stereocenters. The number of carbonyl (C=O) groups excluding carboxylic acids is 1. The molecule has 124 valence electrons. The Bertz CT molecular complexity index is 771. The Hall–Kier alpha value is -2.71. The van der Waals surface area contributed by atoms with Gasteiger partial charge in [0.25, 0.3) is 5.91 Å². The maximum Gasteiger partial charge on any atom is 0.258 e. The highest BCUT2D eigenvalue weighted by Gasteiger charge is 2.14. The predicted octanol–water partition coefficient (Wildman–Crippen LogP) is 3.48. The lowest BCUT2D eigenvalue weighted by Gasteiger charge is -2.16. The first-order valence-electron chi connectivity index (χ1n) is 7.30. The summed E-state index contributed by atoms with van der Waals surface area (Å²) in [5, 5.41) is 12.3. The van der Waals surface area contributed by atoms with Crippen molar-refractivity contribution in [2.75, 3.05) is 13.7 Å². The zero-order valence-electron chi connectivity index (χ0n) is 13.4. The number of nitrogens with one attached hydrogen (secondary N) is 1. The van der Waals surface area contributed by atoms with Gasteiger partial charge in [-0.15, -0.1) is 0 Å². The molecule has 0 bridgehead atoms. The van der Waals surface area contributed by atoms with Gasteiger partial charge in [0.1, 0.15) is 0 Å². The van der Waals surface area contributed by atoms with Crippen molar-refractivity contribution >= 4 is 17.5 Å². The summed E-state index contributed by atoms with van der Waals surface area (Å²) >= 11 is 6.12. The van der Waals surface area contributed by atoms with Crippen LogP contribution in [0.4, 0.5) is 0 Å². The molecule has 0 aromatic heterocycles. The molecule has 0 saturated heterocycles. The summed E-state index contributed by atoms with van der Waals surface area (Å²) in [6, 6.07) is 13.9. The van der Waals surface area contributed by atoms with Crippen LogP contribution in [-0.2, 0) is 4.79 Å². The Morgan fingerprint density at radius 2 is 2.04 bits per heavy atom. The lowest BCUT2D eigenvalue weighted by Crippen LogP contribution is -2.31. The minimum atomic E-state index is -0.283. The largest absolute Gasteiger partial charge is 0.493 e. The van der Waals surface area contributed by atoms with Gasteiger partial charge in [0.2, 0.25) is 0 Å². The van der Waals surface area contributed by atoms with Crippen molar-refractivity contribution in [1.29, 1.82) is 5.26 Å². The fraction of sp³-hybridized carbons (Fsp3) is 0.222. The number of benzene rings is 2. The van der Waals surface area contributed by atoms with Gasteiger partial charge in [-0.25, -0.2) is 0 Å². The second kappa shape index (κ2) is 8.23. The number of hydrogen-bond donors (Lipinski definition) is 1. The predicted molar refractivity (Wildman–Crippen MR) is 91.2 cm³/mol. The Morgan fingerprint density at radius 1 is 1.29 bits per heavy atom. The van der Waals surface area contributed by atoms with Crippen molar-refractivity contribution in [3.05, 3.63) is 58.6 Å². The molecular formula is C18H17ClN2O3. The fourth-order valence-corrected chi connectivity index (χ4v) is 2.49. The Morgan fingerprint density at radius 3 is 2.71 bits per heavy atom. The molecule has 6 heteroatoms. The number of methoxy groups -OCH3 is 1. The number of ether oxygens (including phenoxy) is 2. The van der Waals surface area contributed by atoms with E-state index in [1.807, 2.05) is 31.2 Å². The van der Waals surface area contributed by atoms with Crippen LogP contribution in [0.1, 0.15) is 24.1 Å². The summed E-state index contributed by atoms with van der Waals surface area (Å²) in [5.41, 5.74) is 1.29. The summed E-state index contributed by atoms with van der Waals surface area (Å²) in [6.45, 7) is 1.68. The lowest BCUT2D eigenvalue weighted by atomic mass is 10.1. The molecule has 24 heavy (non-hydrogen) atoms. The van der Waals surface area contributed by atoms with Gasteiger partial charge in [0.05, 0.1) is 24.8 Å². The topological polar surface area (TPSA) is 71.3 Å². The van der Waals surface area contributed by atoms with Crippen LogP contribution in [0.25, 0.3) is 0 Å². The van der Waals surface area contributed by atoms with Crippen molar-refractivity contribution < 1.29 is 14.3 Å². The van der Waals surface area contributed by atoms with Crippen LogP contribution >= 0.6 is 11.6 Å². The fourth-order valence-electron chi connectivity index (χ4n) is 2.19. The lowest BCUT2D eigenvalue weighted by molar-refractivity contribution is -0.123. The standard InChI is InChI=1S/C18H17ClN2O3/c1-12(14-5-3-4-6-15(14)19)21-18(22)11-24-16-8-7-13(10-20)9-17(16)23-2/h3-9,12H,11H2,1-2H3,(H,21,22). The highest BCUT2D eigenvalue weighted by atomic mass is 35.5. The number of amides is 1. The Kier molecular flexibility index (Phi) is 6.05. The van der Waals surface area contributed by atoms with E-state index in [1.165, 1.54) is 7.11 Å². The molecular weight excluding hydrogens is 328 g/mol. The molecule has 2 aromatic carbocycles. The van der Waals surface area contributed by atoms with Gasteiger partial charge in [-0.05, 0) is 30.7 Å². The van der Waals surface area contributed by atoms with E-state index in [0.29, 0.717) is 22.1 Å². The number of nitriles is 1. The number of carbonyl (C=O) groups is 1. The zero-order chi connectivity index (χ0) is 17.5. The molecule has 0 aliphatic heterocycles. The molecule has 2 rings (SSSR count). The zero-order valence-corrected chi connectivity index (χ0v) is 14.1. The van der Waals surface area contributed by atoms with E-state index < -0.39 is 0 Å². The minimum Gasteiger partial charge on any atom is -0.493 e. The third-order valence-corrected chi connectivity index (χ3v) is 3.74. The second-order valence-corrected chi connectivity index (χ2v) is 5.48. The highest BCUT2D eigenvalue weighted by molar-refractivity contribution is 6.31. The average molecular weight is 345 g/mol. The van der Waals surface area contributed by atoms with Crippen LogP contribution in [0.2, 0.25) is 5.02 Å². The summed E-state index contributed by atoms with van der Waals surface area (Å²) in [4.78, 5) is 12.1.